The molecule has 1 amide bonds. The third-order valence-corrected chi connectivity index (χ3v) is 4.89. The first-order chi connectivity index (χ1) is 12.6. The van der Waals surface area contributed by atoms with Crippen molar-refractivity contribution in [2.24, 2.45) is 14.1 Å². The van der Waals surface area contributed by atoms with Crippen LogP contribution in [0, 0.1) is 0 Å². The number of aryl methyl sites for hydroxylation is 2. The highest BCUT2D eigenvalue weighted by Crippen LogP contribution is 2.18. The Morgan fingerprint density at radius 2 is 1.85 bits per heavy atom. The Kier molecular flexibility index (Phi) is 3.88. The lowest BCUT2D eigenvalue weighted by molar-refractivity contribution is 0.0954. The normalized spacial score (nSPS) is 11.3. The molecule has 0 radical (unpaired) electrons. The van der Waals surface area contributed by atoms with E-state index in [0.29, 0.717) is 12.1 Å². The van der Waals surface area contributed by atoms with Gasteiger partial charge in [-0.3, -0.25) is 13.9 Å². The van der Waals surface area contributed by atoms with Gasteiger partial charge in [-0.2, -0.15) is 0 Å². The second-order valence-electron chi connectivity index (χ2n) is 6.47. The summed E-state index contributed by atoms with van der Waals surface area (Å²) in [5.74, 6) is -0.136. The first-order valence-corrected chi connectivity index (χ1v) is 8.55. The highest BCUT2D eigenvalue weighted by molar-refractivity contribution is 5.97. The Bertz CT molecular complexity index is 1180. The van der Waals surface area contributed by atoms with Gasteiger partial charge in [-0.25, -0.2) is 4.79 Å². The molecule has 0 atom stereocenters. The lowest BCUT2D eigenvalue weighted by atomic mass is 10.1. The number of hydrogen-bond donors (Lipinski definition) is 2. The zero-order chi connectivity index (χ0) is 18.3. The number of hydrogen-bond acceptors (Lipinski definition) is 2. The number of aromatic nitrogens is 3. The number of H-pyrrole nitrogens is 1. The van der Waals surface area contributed by atoms with Crippen molar-refractivity contribution in [3.05, 3.63) is 70.3 Å². The number of carbonyl (C=O) groups is 1. The summed E-state index contributed by atoms with van der Waals surface area (Å²) in [6, 6.07) is 13.4. The maximum absolute atomic E-state index is 12.5. The first-order valence-electron chi connectivity index (χ1n) is 8.55. The van der Waals surface area contributed by atoms with Gasteiger partial charge < -0.3 is 10.3 Å². The SMILES string of the molecule is Cn1c(=O)n(C)c2cc(C(=O)NCCc3c[nH]c4ccccc34)ccc21. The highest BCUT2D eigenvalue weighted by Gasteiger charge is 2.12. The van der Waals surface area contributed by atoms with Crippen LogP contribution in [0.2, 0.25) is 0 Å². The van der Waals surface area contributed by atoms with E-state index < -0.39 is 0 Å². The smallest absolute Gasteiger partial charge is 0.328 e. The number of carbonyl (C=O) groups excluding carboxylic acids is 1. The van der Waals surface area contributed by atoms with Crippen LogP contribution in [0.15, 0.2) is 53.5 Å². The fourth-order valence-electron chi connectivity index (χ4n) is 3.40. The Morgan fingerprint density at radius 1 is 1.08 bits per heavy atom. The maximum atomic E-state index is 12.5. The Morgan fingerprint density at radius 3 is 2.69 bits per heavy atom. The summed E-state index contributed by atoms with van der Waals surface area (Å²) in [4.78, 5) is 27.7. The van der Waals surface area contributed by atoms with E-state index >= 15 is 0 Å². The molecular weight excluding hydrogens is 328 g/mol. The van der Waals surface area contributed by atoms with Gasteiger partial charge in [-0.1, -0.05) is 18.2 Å². The number of para-hydroxylation sites is 1. The molecule has 132 valence electrons. The summed E-state index contributed by atoms with van der Waals surface area (Å²) in [7, 11) is 3.44. The molecule has 2 heterocycles. The predicted molar refractivity (Wildman–Crippen MR) is 102 cm³/mol. The average molecular weight is 348 g/mol. The maximum Gasteiger partial charge on any atom is 0.328 e. The standard InChI is InChI=1S/C20H20N4O2/c1-23-17-8-7-13(11-18(17)24(2)20(23)26)19(25)21-10-9-14-12-22-16-6-4-3-5-15(14)16/h3-8,11-12,22H,9-10H2,1-2H3,(H,21,25). The van der Waals surface area contributed by atoms with Crippen molar-refractivity contribution >= 4 is 27.8 Å². The van der Waals surface area contributed by atoms with Crippen molar-refractivity contribution in [2.45, 2.75) is 6.42 Å². The number of nitrogens with zero attached hydrogens (tertiary/aromatic N) is 2. The molecule has 2 N–H and O–H groups in total. The molecule has 0 unspecified atom stereocenters. The Hall–Kier alpha value is -3.28. The number of amides is 1. The van der Waals surface area contributed by atoms with Crippen LogP contribution in [-0.2, 0) is 20.5 Å². The molecule has 2 aromatic carbocycles. The van der Waals surface area contributed by atoms with Gasteiger partial charge in [0.2, 0.25) is 0 Å². The molecule has 4 rings (SSSR count). The molecule has 0 spiro atoms. The van der Waals surface area contributed by atoms with Crippen LogP contribution in [-0.4, -0.2) is 26.6 Å². The minimum Gasteiger partial charge on any atom is -0.361 e. The Labute approximate surface area is 150 Å². The van der Waals surface area contributed by atoms with E-state index in [0.717, 1.165) is 23.0 Å². The number of aromatic amines is 1. The van der Waals surface area contributed by atoms with Gasteiger partial charge in [0.15, 0.2) is 0 Å². The van der Waals surface area contributed by atoms with Gasteiger partial charge >= 0.3 is 5.69 Å². The fraction of sp³-hybridized carbons (Fsp3) is 0.200. The Balaban J connectivity index is 1.49. The van der Waals surface area contributed by atoms with Crippen molar-refractivity contribution in [1.29, 1.82) is 0 Å². The van der Waals surface area contributed by atoms with E-state index in [1.54, 1.807) is 35.4 Å². The zero-order valence-electron chi connectivity index (χ0n) is 14.7. The van der Waals surface area contributed by atoms with Gasteiger partial charge in [0.25, 0.3) is 5.91 Å². The quantitative estimate of drug-likeness (QED) is 0.594. The molecule has 4 aromatic rings. The summed E-state index contributed by atoms with van der Waals surface area (Å²) < 4.78 is 3.13. The van der Waals surface area contributed by atoms with E-state index in [1.165, 1.54) is 10.9 Å². The minimum atomic E-state index is -0.136. The fourth-order valence-corrected chi connectivity index (χ4v) is 3.40. The number of fused-ring (bicyclic) bond motifs is 2. The van der Waals surface area contributed by atoms with Crippen molar-refractivity contribution in [2.75, 3.05) is 6.54 Å². The lowest BCUT2D eigenvalue weighted by Gasteiger charge is -2.06. The topological polar surface area (TPSA) is 71.8 Å². The van der Waals surface area contributed by atoms with Gasteiger partial charge in [-0.15, -0.1) is 0 Å². The lowest BCUT2D eigenvalue weighted by Crippen LogP contribution is -2.25. The second-order valence-corrected chi connectivity index (χ2v) is 6.47. The van der Waals surface area contributed by atoms with E-state index in [2.05, 4.69) is 16.4 Å². The van der Waals surface area contributed by atoms with Crippen LogP contribution in [0.25, 0.3) is 21.9 Å². The number of nitrogens with one attached hydrogen (secondary N) is 2. The predicted octanol–water partition coefficient (Wildman–Crippen LogP) is 2.33. The van der Waals surface area contributed by atoms with Crippen LogP contribution < -0.4 is 11.0 Å². The molecule has 0 aliphatic rings. The molecule has 2 aromatic heterocycles. The molecule has 26 heavy (non-hydrogen) atoms. The zero-order valence-corrected chi connectivity index (χ0v) is 14.7. The second kappa shape index (κ2) is 6.22. The summed E-state index contributed by atoms with van der Waals surface area (Å²) in [6.07, 6.45) is 2.74. The number of rotatable bonds is 4. The van der Waals surface area contributed by atoms with E-state index in [1.807, 2.05) is 30.5 Å². The summed E-state index contributed by atoms with van der Waals surface area (Å²) in [6.45, 7) is 0.548. The number of imidazole rings is 1. The average Bonchev–Trinajstić information content (AvgIpc) is 3.17. The van der Waals surface area contributed by atoms with Crippen LogP contribution in [0.3, 0.4) is 0 Å². The monoisotopic (exact) mass is 348 g/mol. The van der Waals surface area contributed by atoms with Crippen LogP contribution >= 0.6 is 0 Å². The van der Waals surface area contributed by atoms with E-state index in [9.17, 15) is 9.59 Å². The molecule has 0 aliphatic carbocycles. The molecule has 0 saturated carbocycles. The van der Waals surface area contributed by atoms with Gasteiger partial charge in [0.05, 0.1) is 11.0 Å². The van der Waals surface area contributed by atoms with E-state index in [4.69, 9.17) is 0 Å². The molecular formula is C20H20N4O2. The van der Waals surface area contributed by atoms with Crippen LogP contribution in [0.5, 0.6) is 0 Å². The molecule has 0 saturated heterocycles. The third-order valence-electron chi connectivity index (χ3n) is 4.89. The summed E-state index contributed by atoms with van der Waals surface area (Å²) in [5, 5.41) is 4.14. The first kappa shape index (κ1) is 16.2. The van der Waals surface area contributed by atoms with Crippen molar-refractivity contribution < 1.29 is 4.79 Å². The summed E-state index contributed by atoms with van der Waals surface area (Å²) in [5.41, 5.74) is 4.30. The molecule has 0 bridgehead atoms. The summed E-state index contributed by atoms with van der Waals surface area (Å²) >= 11 is 0. The van der Waals surface area contributed by atoms with Gasteiger partial charge in [0, 0.05) is 43.3 Å². The minimum absolute atomic E-state index is 0.100. The highest BCUT2D eigenvalue weighted by atomic mass is 16.2. The largest absolute Gasteiger partial charge is 0.361 e. The third kappa shape index (κ3) is 2.60. The molecule has 6 nitrogen and oxygen atoms in total. The van der Waals surface area contributed by atoms with Crippen molar-refractivity contribution in [3.8, 4) is 0 Å². The molecule has 6 heteroatoms. The van der Waals surface area contributed by atoms with Gasteiger partial charge in [-0.05, 0) is 36.2 Å². The van der Waals surface area contributed by atoms with E-state index in [-0.39, 0.29) is 11.6 Å². The van der Waals surface area contributed by atoms with Crippen molar-refractivity contribution in [3.63, 3.8) is 0 Å². The van der Waals surface area contributed by atoms with Gasteiger partial charge in [0.1, 0.15) is 0 Å². The van der Waals surface area contributed by atoms with Crippen LogP contribution in [0.4, 0.5) is 0 Å². The van der Waals surface area contributed by atoms with Crippen LogP contribution in [0.1, 0.15) is 15.9 Å². The molecule has 0 aliphatic heterocycles. The van der Waals surface area contributed by atoms with Crippen molar-refractivity contribution in [1.82, 2.24) is 19.4 Å². The number of benzene rings is 2. The molecule has 0 fully saturated rings.